The Morgan fingerprint density at radius 2 is 1.75 bits per heavy atom. The third-order valence-corrected chi connectivity index (χ3v) is 3.74. The maximum atomic E-state index is 5.86. The Morgan fingerprint density at radius 1 is 1.00 bits per heavy atom. The number of nitrogens with one attached hydrogen (secondary N) is 1. The van der Waals surface area contributed by atoms with Gasteiger partial charge in [0, 0.05) is 28.7 Å². The maximum Gasteiger partial charge on any atom is 0.203 e. The molecule has 0 spiro atoms. The molecular formula is C15H12ClN3S. The molecule has 0 amide bonds. The number of halogens is 1. The van der Waals surface area contributed by atoms with Gasteiger partial charge in [-0.1, -0.05) is 54.1 Å². The molecule has 0 fully saturated rings. The van der Waals surface area contributed by atoms with Crippen LogP contribution >= 0.6 is 23.1 Å². The summed E-state index contributed by atoms with van der Waals surface area (Å²) in [5.41, 5.74) is 2.19. The molecule has 5 heteroatoms. The Balaban J connectivity index is 1.67. The van der Waals surface area contributed by atoms with Crippen molar-refractivity contribution in [3.63, 3.8) is 0 Å². The van der Waals surface area contributed by atoms with Crippen LogP contribution < -0.4 is 5.32 Å². The summed E-state index contributed by atoms with van der Waals surface area (Å²) in [5.74, 6) is 0.759. The second-order valence-electron chi connectivity index (χ2n) is 4.27. The first kappa shape index (κ1) is 13.1. The van der Waals surface area contributed by atoms with Crippen molar-refractivity contribution in [3.8, 4) is 11.4 Å². The molecule has 100 valence electrons. The van der Waals surface area contributed by atoms with Gasteiger partial charge in [-0.25, -0.2) is 0 Å². The number of rotatable bonds is 4. The van der Waals surface area contributed by atoms with Gasteiger partial charge in [0.15, 0.2) is 5.82 Å². The minimum atomic E-state index is 0.709. The van der Waals surface area contributed by atoms with Gasteiger partial charge >= 0.3 is 0 Å². The van der Waals surface area contributed by atoms with Gasteiger partial charge in [-0.05, 0) is 17.7 Å². The van der Waals surface area contributed by atoms with E-state index in [0.717, 1.165) is 27.1 Å². The lowest BCUT2D eigenvalue weighted by Gasteiger charge is -2.02. The molecule has 20 heavy (non-hydrogen) atoms. The average Bonchev–Trinajstić information content (AvgIpc) is 2.97. The summed E-state index contributed by atoms with van der Waals surface area (Å²) in [4.78, 5) is 4.48. The van der Waals surface area contributed by atoms with E-state index in [9.17, 15) is 0 Å². The summed E-state index contributed by atoms with van der Waals surface area (Å²) in [6.07, 6.45) is 0. The van der Waals surface area contributed by atoms with Crippen LogP contribution in [0.5, 0.6) is 0 Å². The van der Waals surface area contributed by atoms with Gasteiger partial charge in [-0.3, -0.25) is 0 Å². The highest BCUT2D eigenvalue weighted by Gasteiger charge is 2.05. The van der Waals surface area contributed by atoms with E-state index >= 15 is 0 Å². The van der Waals surface area contributed by atoms with Gasteiger partial charge in [-0.15, -0.1) is 0 Å². The number of nitrogens with zero attached hydrogens (tertiary/aromatic N) is 2. The van der Waals surface area contributed by atoms with Crippen molar-refractivity contribution in [1.29, 1.82) is 0 Å². The highest BCUT2D eigenvalue weighted by molar-refractivity contribution is 7.09. The molecule has 0 aliphatic carbocycles. The Hall–Kier alpha value is -1.91. The third-order valence-electron chi connectivity index (χ3n) is 2.82. The van der Waals surface area contributed by atoms with Crippen LogP contribution in [0.2, 0.25) is 5.02 Å². The van der Waals surface area contributed by atoms with Crippen molar-refractivity contribution in [2.24, 2.45) is 0 Å². The number of hydrogen-bond acceptors (Lipinski definition) is 4. The lowest BCUT2D eigenvalue weighted by atomic mass is 10.2. The lowest BCUT2D eigenvalue weighted by molar-refractivity contribution is 1.13. The fourth-order valence-corrected chi connectivity index (χ4v) is 2.49. The largest absolute Gasteiger partial charge is 0.356 e. The zero-order valence-corrected chi connectivity index (χ0v) is 12.2. The smallest absolute Gasteiger partial charge is 0.203 e. The fraction of sp³-hybridized carbons (Fsp3) is 0.0667. The topological polar surface area (TPSA) is 37.8 Å². The van der Waals surface area contributed by atoms with Crippen molar-refractivity contribution in [1.82, 2.24) is 9.36 Å². The van der Waals surface area contributed by atoms with Crippen molar-refractivity contribution in [2.45, 2.75) is 6.54 Å². The lowest BCUT2D eigenvalue weighted by Crippen LogP contribution is -1.98. The predicted octanol–water partition coefficient (Wildman–Crippen LogP) is 4.47. The normalized spacial score (nSPS) is 10.4. The van der Waals surface area contributed by atoms with E-state index in [1.54, 1.807) is 0 Å². The molecule has 3 aromatic rings. The molecule has 0 atom stereocenters. The second-order valence-corrected chi connectivity index (χ2v) is 5.46. The summed E-state index contributed by atoms with van der Waals surface area (Å²) >= 11 is 7.23. The summed E-state index contributed by atoms with van der Waals surface area (Å²) in [5, 5.41) is 4.84. The van der Waals surface area contributed by atoms with E-state index < -0.39 is 0 Å². The van der Waals surface area contributed by atoms with Gasteiger partial charge in [0.1, 0.15) is 0 Å². The molecule has 3 nitrogen and oxygen atoms in total. The Bertz CT molecular complexity index is 680. The first-order valence-electron chi connectivity index (χ1n) is 6.19. The SMILES string of the molecule is Clc1ccc(CNc2nc(-c3ccccc3)ns2)cc1. The Morgan fingerprint density at radius 3 is 2.50 bits per heavy atom. The molecular weight excluding hydrogens is 290 g/mol. The molecule has 1 N–H and O–H groups in total. The first-order valence-corrected chi connectivity index (χ1v) is 7.34. The fourth-order valence-electron chi connectivity index (χ4n) is 1.78. The van der Waals surface area contributed by atoms with Crippen LogP contribution in [0, 0.1) is 0 Å². The van der Waals surface area contributed by atoms with Crippen LogP contribution in [0.1, 0.15) is 5.56 Å². The van der Waals surface area contributed by atoms with Crippen LogP contribution in [0.25, 0.3) is 11.4 Å². The van der Waals surface area contributed by atoms with Gasteiger partial charge in [0.05, 0.1) is 0 Å². The number of anilines is 1. The van der Waals surface area contributed by atoms with Crippen LogP contribution in [-0.4, -0.2) is 9.36 Å². The first-order chi connectivity index (χ1) is 9.81. The van der Waals surface area contributed by atoms with Crippen LogP contribution in [0.15, 0.2) is 54.6 Å². The minimum absolute atomic E-state index is 0.709. The summed E-state index contributed by atoms with van der Waals surface area (Å²) in [6.45, 7) is 0.709. The molecule has 0 bridgehead atoms. The van der Waals surface area contributed by atoms with E-state index in [1.165, 1.54) is 11.5 Å². The van der Waals surface area contributed by atoms with E-state index in [0.29, 0.717) is 6.54 Å². The minimum Gasteiger partial charge on any atom is -0.356 e. The van der Waals surface area contributed by atoms with Crippen molar-refractivity contribution in [3.05, 3.63) is 65.2 Å². The van der Waals surface area contributed by atoms with Crippen molar-refractivity contribution < 1.29 is 0 Å². The second kappa shape index (κ2) is 6.03. The molecule has 1 aromatic heterocycles. The molecule has 0 saturated heterocycles. The molecule has 0 saturated carbocycles. The predicted molar refractivity (Wildman–Crippen MR) is 84.1 cm³/mol. The van der Waals surface area contributed by atoms with E-state index in [2.05, 4.69) is 14.7 Å². The van der Waals surface area contributed by atoms with Crippen molar-refractivity contribution >= 4 is 28.3 Å². The summed E-state index contributed by atoms with van der Waals surface area (Å²) in [6, 6.07) is 17.7. The molecule has 0 unspecified atom stereocenters. The zero-order valence-electron chi connectivity index (χ0n) is 10.6. The molecule has 0 radical (unpaired) electrons. The standard InChI is InChI=1S/C15H12ClN3S/c16-13-8-6-11(7-9-13)10-17-15-18-14(19-20-15)12-4-2-1-3-5-12/h1-9H,10H2,(H,17,18,19). The average molecular weight is 302 g/mol. The quantitative estimate of drug-likeness (QED) is 0.772. The monoisotopic (exact) mass is 301 g/mol. The molecule has 2 aromatic carbocycles. The van der Waals surface area contributed by atoms with E-state index in [1.807, 2.05) is 54.6 Å². The van der Waals surface area contributed by atoms with Crippen LogP contribution in [-0.2, 0) is 6.54 Å². The maximum absolute atomic E-state index is 5.86. The Kier molecular flexibility index (Phi) is 3.95. The third kappa shape index (κ3) is 3.15. The summed E-state index contributed by atoms with van der Waals surface area (Å²) in [7, 11) is 0. The van der Waals surface area contributed by atoms with E-state index in [4.69, 9.17) is 11.6 Å². The van der Waals surface area contributed by atoms with Crippen molar-refractivity contribution in [2.75, 3.05) is 5.32 Å². The molecule has 1 heterocycles. The van der Waals surface area contributed by atoms with Gasteiger partial charge in [0.25, 0.3) is 0 Å². The van der Waals surface area contributed by atoms with Gasteiger partial charge in [-0.2, -0.15) is 9.36 Å². The number of hydrogen-bond donors (Lipinski definition) is 1. The van der Waals surface area contributed by atoms with Gasteiger partial charge < -0.3 is 5.32 Å². The highest BCUT2D eigenvalue weighted by atomic mass is 35.5. The van der Waals surface area contributed by atoms with Gasteiger partial charge in [0.2, 0.25) is 5.13 Å². The van der Waals surface area contributed by atoms with E-state index in [-0.39, 0.29) is 0 Å². The molecule has 0 aliphatic heterocycles. The molecule has 0 aliphatic rings. The molecule has 3 rings (SSSR count). The Labute approximate surface area is 126 Å². The highest BCUT2D eigenvalue weighted by Crippen LogP contribution is 2.21. The number of benzene rings is 2. The zero-order chi connectivity index (χ0) is 13.8. The summed E-state index contributed by atoms with van der Waals surface area (Å²) < 4.78 is 4.36. The number of aromatic nitrogens is 2. The van der Waals surface area contributed by atoms with Crippen LogP contribution in [0.4, 0.5) is 5.13 Å². The van der Waals surface area contributed by atoms with Crippen LogP contribution in [0.3, 0.4) is 0 Å².